The van der Waals surface area contributed by atoms with E-state index in [2.05, 4.69) is 57.3 Å². The van der Waals surface area contributed by atoms with E-state index in [9.17, 15) is 14.4 Å². The molecule has 0 saturated carbocycles. The van der Waals surface area contributed by atoms with Crippen LogP contribution in [0.3, 0.4) is 0 Å². The maximum absolute atomic E-state index is 13.3. The van der Waals surface area contributed by atoms with Gasteiger partial charge in [0.1, 0.15) is 11.2 Å². The maximum atomic E-state index is 13.3. The number of carbonyl (C=O) groups excluding carboxylic acids is 3. The lowest BCUT2D eigenvalue weighted by atomic mass is 10.0. The summed E-state index contributed by atoms with van der Waals surface area (Å²) in [4.78, 5) is 43.6. The van der Waals surface area contributed by atoms with Crippen LogP contribution in [0, 0.1) is 0 Å². The number of fused-ring (bicyclic) bond motifs is 1. The molecule has 1 unspecified atom stereocenters. The van der Waals surface area contributed by atoms with Gasteiger partial charge in [-0.2, -0.15) is 0 Å². The summed E-state index contributed by atoms with van der Waals surface area (Å²) in [5, 5.41) is 11.3. The lowest BCUT2D eigenvalue weighted by Gasteiger charge is -2.31. The molecule has 48 heavy (non-hydrogen) atoms. The molecular weight excluding hydrogens is 604 g/mol. The van der Waals surface area contributed by atoms with Gasteiger partial charge in [-0.05, 0) is 66.2 Å². The smallest absolute Gasteiger partial charge is 0.272 e. The van der Waals surface area contributed by atoms with Crippen LogP contribution in [0.2, 0.25) is 0 Å². The Labute approximate surface area is 281 Å². The summed E-state index contributed by atoms with van der Waals surface area (Å²) in [5.74, 6) is -0.703. The fraction of sp³-hybridized carbons (Fsp3) is 0.289. The Hall–Kier alpha value is -5.03. The van der Waals surface area contributed by atoms with Gasteiger partial charge in [-0.1, -0.05) is 60.7 Å². The van der Waals surface area contributed by atoms with Crippen LogP contribution < -0.4 is 16.0 Å². The maximum Gasteiger partial charge on any atom is 0.272 e. The zero-order valence-corrected chi connectivity index (χ0v) is 27.7. The number of nitrogens with zero attached hydrogens (tertiary/aromatic N) is 3. The minimum Gasteiger partial charge on any atom is -0.379 e. The highest BCUT2D eigenvalue weighted by Gasteiger charge is 2.40. The Morgan fingerprint density at radius 1 is 0.854 bits per heavy atom. The Balaban J connectivity index is 1.03. The van der Waals surface area contributed by atoms with Gasteiger partial charge >= 0.3 is 0 Å². The number of hydrogen-bond acceptors (Lipinski definition) is 6. The van der Waals surface area contributed by atoms with Crippen LogP contribution in [-0.4, -0.2) is 90.6 Å². The molecule has 0 spiro atoms. The highest BCUT2D eigenvalue weighted by Crippen LogP contribution is 2.25. The molecule has 4 aromatic rings. The monoisotopic (exact) mass is 646 g/mol. The number of rotatable bonds is 10. The molecule has 0 bridgehead atoms. The average molecular weight is 647 g/mol. The van der Waals surface area contributed by atoms with Crippen molar-refractivity contribution in [3.05, 3.63) is 113 Å². The molecule has 3 N–H and O–H groups in total. The first kappa shape index (κ1) is 32.9. The first-order chi connectivity index (χ1) is 23.2. The number of benzene rings is 3. The summed E-state index contributed by atoms with van der Waals surface area (Å²) in [6.07, 6.45) is 7.59. The van der Waals surface area contributed by atoms with Crippen molar-refractivity contribution in [3.8, 4) is 0 Å². The van der Waals surface area contributed by atoms with Crippen LogP contribution in [0.15, 0.2) is 90.8 Å². The van der Waals surface area contributed by atoms with Crippen molar-refractivity contribution < 1.29 is 19.1 Å². The summed E-state index contributed by atoms with van der Waals surface area (Å²) in [6.45, 7) is 6.75. The lowest BCUT2D eigenvalue weighted by Crippen LogP contribution is -2.53. The first-order valence-corrected chi connectivity index (χ1v) is 16.3. The molecule has 3 aromatic carbocycles. The third kappa shape index (κ3) is 7.57. The number of aryl methyl sites for hydroxylation is 1. The second kappa shape index (κ2) is 14.4. The first-order valence-electron chi connectivity index (χ1n) is 16.3. The minimum atomic E-state index is -0.886. The molecule has 2 aliphatic heterocycles. The van der Waals surface area contributed by atoms with E-state index in [4.69, 9.17) is 4.74 Å². The van der Waals surface area contributed by atoms with Gasteiger partial charge in [-0.15, -0.1) is 0 Å². The fourth-order valence-corrected chi connectivity index (χ4v) is 6.08. The highest BCUT2D eigenvalue weighted by atomic mass is 16.5. The SMILES string of the molecule is CN1CC(NC(=O)c2cc(NC(=O)c3ccc(/C=C/c4ccc5ccccc5c4)cc3)cn2C)=CC1(C)C(=O)NCCN1CCOCC1. The molecule has 1 saturated heterocycles. The van der Waals surface area contributed by atoms with Gasteiger partial charge in [0.05, 0.1) is 18.9 Å². The number of likely N-dealkylation sites (N-methyl/N-ethyl adjacent to an activating group) is 1. The molecule has 248 valence electrons. The van der Waals surface area contributed by atoms with Crippen LogP contribution >= 0.6 is 0 Å². The molecule has 10 heteroatoms. The average Bonchev–Trinajstić information content (AvgIpc) is 3.61. The van der Waals surface area contributed by atoms with E-state index in [1.54, 1.807) is 42.1 Å². The number of anilines is 1. The predicted molar refractivity (Wildman–Crippen MR) is 190 cm³/mol. The third-order valence-corrected chi connectivity index (χ3v) is 9.12. The molecule has 1 atom stereocenters. The summed E-state index contributed by atoms with van der Waals surface area (Å²) in [5.41, 5.74) is 3.24. The summed E-state index contributed by atoms with van der Waals surface area (Å²) < 4.78 is 7.06. The second-order valence-electron chi connectivity index (χ2n) is 12.6. The van der Waals surface area contributed by atoms with Crippen molar-refractivity contribution in [1.29, 1.82) is 0 Å². The van der Waals surface area contributed by atoms with Crippen molar-refractivity contribution in [2.45, 2.75) is 12.5 Å². The molecule has 6 rings (SSSR count). The molecule has 10 nitrogen and oxygen atoms in total. The van der Waals surface area contributed by atoms with Gasteiger partial charge in [0.15, 0.2) is 0 Å². The van der Waals surface area contributed by atoms with E-state index < -0.39 is 5.54 Å². The Bertz CT molecular complexity index is 1870. The van der Waals surface area contributed by atoms with Gasteiger partial charge in [0.25, 0.3) is 11.8 Å². The third-order valence-electron chi connectivity index (χ3n) is 9.12. The normalized spacial score (nSPS) is 18.6. The second-order valence-corrected chi connectivity index (χ2v) is 12.6. The van der Waals surface area contributed by atoms with Crippen LogP contribution in [-0.2, 0) is 16.6 Å². The summed E-state index contributed by atoms with van der Waals surface area (Å²) >= 11 is 0. The topological polar surface area (TPSA) is 108 Å². The number of nitrogens with one attached hydrogen (secondary N) is 3. The van der Waals surface area contributed by atoms with Crippen molar-refractivity contribution in [2.75, 3.05) is 58.3 Å². The number of ether oxygens (including phenoxy) is 1. The van der Waals surface area contributed by atoms with E-state index in [1.807, 2.05) is 49.2 Å². The van der Waals surface area contributed by atoms with Crippen molar-refractivity contribution >= 4 is 46.3 Å². The quantitative estimate of drug-likeness (QED) is 0.221. The number of amides is 3. The molecule has 0 radical (unpaired) electrons. The van der Waals surface area contributed by atoms with Crippen LogP contribution in [0.4, 0.5) is 5.69 Å². The number of hydrogen-bond donors (Lipinski definition) is 3. The van der Waals surface area contributed by atoms with Gasteiger partial charge in [0.2, 0.25) is 5.91 Å². The zero-order chi connectivity index (χ0) is 33.7. The lowest BCUT2D eigenvalue weighted by molar-refractivity contribution is -0.128. The van der Waals surface area contributed by atoms with Crippen LogP contribution in [0.25, 0.3) is 22.9 Å². The number of morpholine rings is 1. The number of carbonyl (C=O) groups is 3. The summed E-state index contributed by atoms with van der Waals surface area (Å²) in [7, 11) is 3.61. The highest BCUT2D eigenvalue weighted by molar-refractivity contribution is 6.05. The van der Waals surface area contributed by atoms with Gasteiger partial charge in [-0.25, -0.2) is 0 Å². The standard InChI is InChI=1S/C38H42N6O4/c1-38(37(47)39-16-17-44-18-20-48-21-19-44)24-33(26-43(38)3)41-36(46)34-23-32(25-42(34)2)40-35(45)30-14-10-27(11-15-30)8-9-28-12-13-29-6-4-5-7-31(29)22-28/h4-15,22-25H,16-21,26H2,1-3H3,(H,39,47)(H,40,45)(H,41,46)/b9-8+. The molecule has 1 aromatic heterocycles. The van der Waals surface area contributed by atoms with Gasteiger partial charge < -0.3 is 25.3 Å². The van der Waals surface area contributed by atoms with Crippen molar-refractivity contribution in [3.63, 3.8) is 0 Å². The Morgan fingerprint density at radius 2 is 1.56 bits per heavy atom. The van der Waals surface area contributed by atoms with E-state index in [0.29, 0.717) is 35.7 Å². The molecule has 3 amide bonds. The van der Waals surface area contributed by atoms with Crippen LogP contribution in [0.5, 0.6) is 0 Å². The largest absolute Gasteiger partial charge is 0.379 e. The van der Waals surface area contributed by atoms with Crippen molar-refractivity contribution in [1.82, 2.24) is 25.0 Å². The molecule has 1 fully saturated rings. The van der Waals surface area contributed by atoms with E-state index in [0.717, 1.165) is 44.0 Å². The molecule has 3 heterocycles. The van der Waals surface area contributed by atoms with E-state index in [1.165, 1.54) is 10.8 Å². The van der Waals surface area contributed by atoms with Gasteiger partial charge in [0, 0.05) is 57.2 Å². The Kier molecular flexibility index (Phi) is 9.86. The van der Waals surface area contributed by atoms with Crippen LogP contribution in [0.1, 0.15) is 38.9 Å². The molecule has 2 aliphatic rings. The van der Waals surface area contributed by atoms with E-state index in [-0.39, 0.29) is 17.7 Å². The fourth-order valence-electron chi connectivity index (χ4n) is 6.08. The van der Waals surface area contributed by atoms with E-state index >= 15 is 0 Å². The Morgan fingerprint density at radius 3 is 2.33 bits per heavy atom. The molecule has 0 aliphatic carbocycles. The number of aromatic nitrogens is 1. The zero-order valence-electron chi connectivity index (χ0n) is 27.7. The predicted octanol–water partition coefficient (Wildman–Crippen LogP) is 4.37. The van der Waals surface area contributed by atoms with Crippen molar-refractivity contribution in [2.24, 2.45) is 7.05 Å². The van der Waals surface area contributed by atoms with Gasteiger partial charge in [-0.3, -0.25) is 24.2 Å². The minimum absolute atomic E-state index is 0.111. The summed E-state index contributed by atoms with van der Waals surface area (Å²) in [6, 6.07) is 23.6. The molecular formula is C38H42N6O4.